The Balaban J connectivity index is 1.79. The van der Waals surface area contributed by atoms with E-state index in [2.05, 4.69) is 5.10 Å². The number of halogens is 1. The lowest BCUT2D eigenvalue weighted by atomic mass is 10.1. The number of carbonyl (C=O) groups excluding carboxylic acids is 1. The second-order valence-corrected chi connectivity index (χ2v) is 8.95. The molecule has 1 aromatic carbocycles. The highest BCUT2D eigenvalue weighted by Crippen LogP contribution is 2.19. The Bertz CT molecular complexity index is 986. The van der Waals surface area contributed by atoms with Gasteiger partial charge in [-0.05, 0) is 24.6 Å². The fourth-order valence-corrected chi connectivity index (χ4v) is 4.76. The highest BCUT2D eigenvalue weighted by Gasteiger charge is 2.32. The molecule has 1 amide bonds. The van der Waals surface area contributed by atoms with Gasteiger partial charge in [-0.3, -0.25) is 9.59 Å². The first-order valence-corrected chi connectivity index (χ1v) is 10.3. The van der Waals surface area contributed by atoms with E-state index in [9.17, 15) is 18.0 Å². The van der Waals surface area contributed by atoms with Gasteiger partial charge in [0.05, 0.1) is 17.2 Å². The summed E-state index contributed by atoms with van der Waals surface area (Å²) in [5.41, 5.74) is 0.912. The molecule has 1 atom stereocenters. The monoisotopic (exact) mass is 395 g/mol. The maximum absolute atomic E-state index is 12.5. The van der Waals surface area contributed by atoms with Gasteiger partial charge in [-0.15, -0.1) is 0 Å². The van der Waals surface area contributed by atoms with Crippen LogP contribution in [0.15, 0.2) is 41.2 Å². The van der Waals surface area contributed by atoms with Crippen molar-refractivity contribution in [3.05, 3.63) is 51.8 Å². The quantitative estimate of drug-likeness (QED) is 0.776. The summed E-state index contributed by atoms with van der Waals surface area (Å²) < 4.78 is 24.3. The summed E-state index contributed by atoms with van der Waals surface area (Å²) in [7, 11) is -1.53. The van der Waals surface area contributed by atoms with Crippen LogP contribution in [0, 0.1) is 0 Å². The summed E-state index contributed by atoms with van der Waals surface area (Å²) in [6.45, 7) is -0.243. The highest BCUT2D eigenvalue weighted by atomic mass is 35.5. The van der Waals surface area contributed by atoms with Crippen LogP contribution < -0.4 is 5.56 Å². The molecule has 1 aromatic heterocycles. The van der Waals surface area contributed by atoms with E-state index in [0.717, 1.165) is 10.2 Å². The molecule has 0 aliphatic carbocycles. The van der Waals surface area contributed by atoms with Crippen LogP contribution in [0.3, 0.4) is 0 Å². The molecule has 1 aliphatic rings. The zero-order chi connectivity index (χ0) is 18.9. The number of benzene rings is 1. The Kier molecular flexibility index (Phi) is 5.15. The molecule has 7 nitrogen and oxygen atoms in total. The van der Waals surface area contributed by atoms with E-state index in [4.69, 9.17) is 11.6 Å². The van der Waals surface area contributed by atoms with E-state index in [1.807, 2.05) is 0 Å². The van der Waals surface area contributed by atoms with Gasteiger partial charge < -0.3 is 4.90 Å². The van der Waals surface area contributed by atoms with Crippen LogP contribution in [0.5, 0.6) is 0 Å². The molecule has 26 heavy (non-hydrogen) atoms. The number of likely N-dealkylation sites (N-methyl/N-ethyl adjacent to an activating group) is 1. The van der Waals surface area contributed by atoms with Crippen LogP contribution in [0.25, 0.3) is 11.3 Å². The molecule has 138 valence electrons. The molecule has 2 aromatic rings. The summed E-state index contributed by atoms with van der Waals surface area (Å²) in [6, 6.07) is 9.56. The summed E-state index contributed by atoms with van der Waals surface area (Å²) in [5.74, 6) is -0.308. The van der Waals surface area contributed by atoms with Crippen molar-refractivity contribution in [2.75, 3.05) is 18.6 Å². The molecule has 0 bridgehead atoms. The molecule has 1 fully saturated rings. The van der Waals surface area contributed by atoms with Crippen molar-refractivity contribution >= 4 is 27.3 Å². The number of sulfone groups is 1. The van der Waals surface area contributed by atoms with Crippen molar-refractivity contribution in [2.45, 2.75) is 19.0 Å². The van der Waals surface area contributed by atoms with Gasteiger partial charge in [0.25, 0.3) is 5.56 Å². The van der Waals surface area contributed by atoms with Crippen LogP contribution in [0.1, 0.15) is 6.42 Å². The van der Waals surface area contributed by atoms with Gasteiger partial charge in [0, 0.05) is 29.7 Å². The fraction of sp³-hybridized carbons (Fsp3) is 0.353. The zero-order valence-corrected chi connectivity index (χ0v) is 15.7. The van der Waals surface area contributed by atoms with E-state index >= 15 is 0 Å². The van der Waals surface area contributed by atoms with Crippen LogP contribution in [0.2, 0.25) is 5.02 Å². The normalized spacial score (nSPS) is 18.6. The van der Waals surface area contributed by atoms with E-state index in [1.165, 1.54) is 11.0 Å². The first-order chi connectivity index (χ1) is 12.2. The van der Waals surface area contributed by atoms with Crippen molar-refractivity contribution in [3.8, 4) is 11.3 Å². The largest absolute Gasteiger partial charge is 0.340 e. The van der Waals surface area contributed by atoms with Gasteiger partial charge >= 0.3 is 0 Å². The maximum Gasteiger partial charge on any atom is 0.267 e. The van der Waals surface area contributed by atoms with E-state index < -0.39 is 15.4 Å². The topological polar surface area (TPSA) is 89.3 Å². The molecule has 9 heteroatoms. The third-order valence-electron chi connectivity index (χ3n) is 4.44. The summed E-state index contributed by atoms with van der Waals surface area (Å²) in [5, 5.41) is 4.83. The van der Waals surface area contributed by atoms with Gasteiger partial charge in [-0.1, -0.05) is 23.7 Å². The molecular weight excluding hydrogens is 378 g/mol. The lowest BCUT2D eigenvalue weighted by Gasteiger charge is -2.23. The Hall–Kier alpha value is -2.19. The number of carbonyl (C=O) groups is 1. The van der Waals surface area contributed by atoms with Crippen LogP contribution in [-0.2, 0) is 21.2 Å². The zero-order valence-electron chi connectivity index (χ0n) is 14.1. The smallest absolute Gasteiger partial charge is 0.267 e. The molecule has 0 spiro atoms. The molecule has 0 radical (unpaired) electrons. The minimum atomic E-state index is -3.09. The molecule has 1 unspecified atom stereocenters. The Morgan fingerprint density at radius 1 is 1.27 bits per heavy atom. The standard InChI is InChI=1S/C17H18ClN3O4S/c1-20(14-8-9-26(24,25)11-14)17(23)10-21-16(22)7-6-15(19-21)12-2-4-13(18)5-3-12/h2-7,14H,8-11H2,1H3. The molecule has 1 aliphatic heterocycles. The Labute approximate surface area is 156 Å². The van der Waals surface area contributed by atoms with Gasteiger partial charge in [0.1, 0.15) is 6.54 Å². The molecule has 1 saturated heterocycles. The number of nitrogens with zero attached hydrogens (tertiary/aromatic N) is 3. The average molecular weight is 396 g/mol. The second-order valence-electron chi connectivity index (χ2n) is 6.28. The summed E-state index contributed by atoms with van der Waals surface area (Å²) in [6.07, 6.45) is 0.414. The van der Waals surface area contributed by atoms with E-state index in [0.29, 0.717) is 17.1 Å². The van der Waals surface area contributed by atoms with Crippen molar-refractivity contribution in [1.29, 1.82) is 0 Å². The summed E-state index contributed by atoms with van der Waals surface area (Å²) in [4.78, 5) is 25.9. The Morgan fingerprint density at radius 3 is 2.58 bits per heavy atom. The molecule has 2 heterocycles. The summed E-state index contributed by atoms with van der Waals surface area (Å²) >= 11 is 5.87. The molecule has 0 saturated carbocycles. The van der Waals surface area contributed by atoms with Crippen molar-refractivity contribution < 1.29 is 13.2 Å². The first-order valence-electron chi connectivity index (χ1n) is 8.05. The van der Waals surface area contributed by atoms with Gasteiger partial charge in [0.15, 0.2) is 9.84 Å². The number of amides is 1. The van der Waals surface area contributed by atoms with Gasteiger partial charge in [0.2, 0.25) is 5.91 Å². The fourth-order valence-electron chi connectivity index (χ4n) is 2.86. The lowest BCUT2D eigenvalue weighted by molar-refractivity contribution is -0.132. The first kappa shape index (κ1) is 18.6. The number of aromatic nitrogens is 2. The Morgan fingerprint density at radius 2 is 1.96 bits per heavy atom. The SMILES string of the molecule is CN(C(=O)Cn1nc(-c2ccc(Cl)cc2)ccc1=O)C1CCS(=O)(=O)C1. The minimum Gasteiger partial charge on any atom is -0.340 e. The van der Waals surface area contributed by atoms with Crippen molar-refractivity contribution in [3.63, 3.8) is 0 Å². The predicted octanol–water partition coefficient (Wildman–Crippen LogP) is 1.21. The van der Waals surface area contributed by atoms with Crippen LogP contribution in [0.4, 0.5) is 0 Å². The average Bonchev–Trinajstić information content (AvgIpc) is 2.97. The highest BCUT2D eigenvalue weighted by molar-refractivity contribution is 7.91. The molecule has 3 rings (SSSR count). The molecule has 0 N–H and O–H groups in total. The number of hydrogen-bond donors (Lipinski definition) is 0. The maximum atomic E-state index is 12.5. The number of hydrogen-bond acceptors (Lipinski definition) is 5. The van der Waals surface area contributed by atoms with E-state index in [1.54, 1.807) is 37.4 Å². The number of rotatable bonds is 4. The van der Waals surface area contributed by atoms with Gasteiger partial charge in [-0.2, -0.15) is 5.10 Å². The third-order valence-corrected chi connectivity index (χ3v) is 6.44. The van der Waals surface area contributed by atoms with Crippen molar-refractivity contribution in [1.82, 2.24) is 14.7 Å². The van der Waals surface area contributed by atoms with Crippen LogP contribution >= 0.6 is 11.6 Å². The van der Waals surface area contributed by atoms with Crippen molar-refractivity contribution in [2.24, 2.45) is 0 Å². The van der Waals surface area contributed by atoms with Gasteiger partial charge in [-0.25, -0.2) is 13.1 Å². The van der Waals surface area contributed by atoms with E-state index in [-0.39, 0.29) is 30.0 Å². The second kappa shape index (κ2) is 7.20. The van der Waals surface area contributed by atoms with Crippen LogP contribution in [-0.4, -0.2) is 53.6 Å². The minimum absolute atomic E-state index is 0.0393. The lowest BCUT2D eigenvalue weighted by Crippen LogP contribution is -2.41. The molecular formula is C17H18ClN3O4S. The third kappa shape index (κ3) is 4.13. The predicted molar refractivity (Wildman–Crippen MR) is 98.8 cm³/mol.